The summed E-state index contributed by atoms with van der Waals surface area (Å²) in [4.78, 5) is 35.1. The van der Waals surface area contributed by atoms with Crippen molar-refractivity contribution in [3.63, 3.8) is 0 Å². The van der Waals surface area contributed by atoms with E-state index in [1.54, 1.807) is 18.4 Å². The molecule has 0 heterocycles. The number of hydrogen-bond acceptors (Lipinski definition) is 6. The molecule has 28 heavy (non-hydrogen) atoms. The first-order valence-corrected chi connectivity index (χ1v) is 9.97. The number of rotatable bonds is 8. The van der Waals surface area contributed by atoms with E-state index < -0.39 is 23.4 Å². The Balaban J connectivity index is 1.94. The third-order valence-electron chi connectivity index (χ3n) is 4.32. The number of esters is 1. The Hall–Kier alpha value is -2.87. The Morgan fingerprint density at radius 2 is 1.89 bits per heavy atom. The fourth-order valence-corrected chi connectivity index (χ4v) is 3.05. The second-order valence-corrected chi connectivity index (χ2v) is 7.05. The van der Waals surface area contributed by atoms with Crippen molar-refractivity contribution in [3.8, 4) is 0 Å². The summed E-state index contributed by atoms with van der Waals surface area (Å²) in [5.74, 6) is -0.842. The van der Waals surface area contributed by atoms with Gasteiger partial charge in [-0.05, 0) is 48.4 Å². The van der Waals surface area contributed by atoms with Gasteiger partial charge in [-0.2, -0.15) is 0 Å². The van der Waals surface area contributed by atoms with Crippen LogP contribution in [-0.4, -0.2) is 29.7 Å². The second kappa shape index (κ2) is 9.89. The van der Waals surface area contributed by atoms with E-state index in [1.807, 2.05) is 12.1 Å². The van der Waals surface area contributed by atoms with Crippen LogP contribution in [0.25, 0.3) is 0 Å². The zero-order valence-corrected chi connectivity index (χ0v) is 16.7. The van der Waals surface area contributed by atoms with Crippen LogP contribution in [0.5, 0.6) is 0 Å². The first-order valence-electron chi connectivity index (χ1n) is 8.75. The van der Waals surface area contributed by atoms with Crippen LogP contribution in [0.2, 0.25) is 0 Å². The van der Waals surface area contributed by atoms with Crippen molar-refractivity contribution in [2.24, 2.45) is 0 Å². The van der Waals surface area contributed by atoms with Crippen LogP contribution in [0, 0.1) is 10.1 Å². The SMILES string of the molecule is CC[C@H](C)c1ccc(NC(=O)COC(=O)c2ccc(SC)c([N+](=O)[O-])c2)cc1. The number of nitrogens with one attached hydrogen (secondary N) is 1. The van der Waals surface area contributed by atoms with Gasteiger partial charge in [-0.3, -0.25) is 14.9 Å². The normalized spacial score (nSPS) is 11.5. The molecule has 0 bridgehead atoms. The first-order chi connectivity index (χ1) is 13.3. The molecular weight excluding hydrogens is 380 g/mol. The van der Waals surface area contributed by atoms with Gasteiger partial charge in [0, 0.05) is 11.8 Å². The molecule has 0 saturated carbocycles. The summed E-state index contributed by atoms with van der Waals surface area (Å²) in [5.41, 5.74) is 1.64. The van der Waals surface area contributed by atoms with E-state index in [9.17, 15) is 19.7 Å². The summed E-state index contributed by atoms with van der Waals surface area (Å²) in [6.07, 6.45) is 2.73. The van der Waals surface area contributed by atoms with Gasteiger partial charge in [0.15, 0.2) is 6.61 Å². The minimum atomic E-state index is -0.793. The molecule has 1 N–H and O–H groups in total. The van der Waals surface area contributed by atoms with Crippen LogP contribution in [0.1, 0.15) is 42.1 Å². The number of nitro benzene ring substituents is 1. The van der Waals surface area contributed by atoms with Gasteiger partial charge < -0.3 is 10.1 Å². The molecule has 0 fully saturated rings. The molecule has 8 heteroatoms. The molecule has 0 aliphatic heterocycles. The van der Waals surface area contributed by atoms with Crippen molar-refractivity contribution >= 4 is 35.0 Å². The van der Waals surface area contributed by atoms with E-state index in [2.05, 4.69) is 19.2 Å². The van der Waals surface area contributed by atoms with Gasteiger partial charge in [-0.1, -0.05) is 26.0 Å². The van der Waals surface area contributed by atoms with Gasteiger partial charge in [0.2, 0.25) is 0 Å². The molecule has 1 amide bonds. The van der Waals surface area contributed by atoms with Crippen molar-refractivity contribution in [1.29, 1.82) is 0 Å². The van der Waals surface area contributed by atoms with E-state index >= 15 is 0 Å². The molecule has 148 valence electrons. The first kappa shape index (κ1) is 21.4. The van der Waals surface area contributed by atoms with Crippen LogP contribution < -0.4 is 5.32 Å². The molecule has 2 aromatic rings. The molecule has 7 nitrogen and oxygen atoms in total. The lowest BCUT2D eigenvalue weighted by atomic mass is 9.99. The van der Waals surface area contributed by atoms with Gasteiger partial charge >= 0.3 is 5.97 Å². The van der Waals surface area contributed by atoms with Crippen molar-refractivity contribution in [2.75, 3.05) is 18.2 Å². The zero-order chi connectivity index (χ0) is 20.7. The number of carbonyl (C=O) groups is 2. The summed E-state index contributed by atoms with van der Waals surface area (Å²) in [6.45, 7) is 3.76. The minimum absolute atomic E-state index is 0.0233. The van der Waals surface area contributed by atoms with Crippen LogP contribution in [0.3, 0.4) is 0 Å². The number of carbonyl (C=O) groups excluding carboxylic acids is 2. The van der Waals surface area contributed by atoms with Crippen molar-refractivity contribution < 1.29 is 19.2 Å². The average Bonchev–Trinajstić information content (AvgIpc) is 2.71. The standard InChI is InChI=1S/C20H22N2O5S/c1-4-13(2)14-5-8-16(9-6-14)21-19(23)12-27-20(24)15-7-10-18(28-3)17(11-15)22(25)26/h5-11,13H,4,12H2,1-3H3,(H,21,23)/t13-/m0/s1. The maximum Gasteiger partial charge on any atom is 0.338 e. The molecule has 0 radical (unpaired) electrons. The van der Waals surface area contributed by atoms with Gasteiger partial charge in [0.25, 0.3) is 11.6 Å². The summed E-state index contributed by atoms with van der Waals surface area (Å²) < 4.78 is 4.97. The van der Waals surface area contributed by atoms with Crippen LogP contribution >= 0.6 is 11.8 Å². The van der Waals surface area contributed by atoms with Crippen molar-refractivity contribution in [2.45, 2.75) is 31.1 Å². The molecule has 0 aliphatic carbocycles. The Labute approximate surface area is 167 Å². The monoisotopic (exact) mass is 402 g/mol. The molecule has 0 unspecified atom stereocenters. The zero-order valence-electron chi connectivity index (χ0n) is 15.9. The highest BCUT2D eigenvalue weighted by Crippen LogP contribution is 2.28. The number of anilines is 1. The topological polar surface area (TPSA) is 98.5 Å². The highest BCUT2D eigenvalue weighted by atomic mass is 32.2. The second-order valence-electron chi connectivity index (χ2n) is 6.20. The Kier molecular flexibility index (Phi) is 7.57. The van der Waals surface area contributed by atoms with Crippen molar-refractivity contribution in [1.82, 2.24) is 0 Å². The minimum Gasteiger partial charge on any atom is -0.452 e. The van der Waals surface area contributed by atoms with Gasteiger partial charge in [0.05, 0.1) is 15.4 Å². The third kappa shape index (κ3) is 5.56. The molecule has 0 spiro atoms. The Bertz CT molecular complexity index is 867. The number of nitro groups is 1. The van der Waals surface area contributed by atoms with Gasteiger partial charge in [-0.15, -0.1) is 11.8 Å². The van der Waals surface area contributed by atoms with E-state index in [1.165, 1.54) is 29.5 Å². The number of amides is 1. The van der Waals surface area contributed by atoms with Crippen LogP contribution in [0.15, 0.2) is 47.4 Å². The van der Waals surface area contributed by atoms with Crippen LogP contribution in [0.4, 0.5) is 11.4 Å². The maximum atomic E-state index is 12.1. The van der Waals surface area contributed by atoms with E-state index in [0.717, 1.165) is 12.5 Å². The predicted octanol–water partition coefficient (Wildman–Crippen LogP) is 4.63. The molecule has 1 atom stereocenters. The maximum absolute atomic E-state index is 12.1. The highest BCUT2D eigenvalue weighted by Gasteiger charge is 2.18. The smallest absolute Gasteiger partial charge is 0.338 e. The average molecular weight is 402 g/mol. The number of benzene rings is 2. The molecule has 0 saturated heterocycles. The van der Waals surface area contributed by atoms with E-state index in [-0.39, 0.29) is 11.3 Å². The largest absolute Gasteiger partial charge is 0.452 e. The molecule has 2 aromatic carbocycles. The Morgan fingerprint density at radius 1 is 1.21 bits per heavy atom. The third-order valence-corrected chi connectivity index (χ3v) is 5.11. The van der Waals surface area contributed by atoms with Gasteiger partial charge in [0.1, 0.15) is 0 Å². The molecule has 0 aromatic heterocycles. The summed E-state index contributed by atoms with van der Waals surface area (Å²) >= 11 is 1.21. The number of ether oxygens (including phenoxy) is 1. The van der Waals surface area contributed by atoms with Gasteiger partial charge in [-0.25, -0.2) is 4.79 Å². The summed E-state index contributed by atoms with van der Waals surface area (Å²) in [7, 11) is 0. The molecule has 0 aliphatic rings. The Morgan fingerprint density at radius 3 is 2.46 bits per heavy atom. The number of thioether (sulfide) groups is 1. The fourth-order valence-electron chi connectivity index (χ4n) is 2.50. The quantitative estimate of drug-likeness (QED) is 0.299. The van der Waals surface area contributed by atoms with Crippen molar-refractivity contribution in [3.05, 3.63) is 63.7 Å². The number of nitrogens with zero attached hydrogens (tertiary/aromatic N) is 1. The van der Waals surface area contributed by atoms with E-state index in [4.69, 9.17) is 4.74 Å². The van der Waals surface area contributed by atoms with Crippen LogP contribution in [-0.2, 0) is 9.53 Å². The number of hydrogen-bond donors (Lipinski definition) is 1. The highest BCUT2D eigenvalue weighted by molar-refractivity contribution is 7.98. The summed E-state index contributed by atoms with van der Waals surface area (Å²) in [5, 5.41) is 13.7. The lowest BCUT2D eigenvalue weighted by Gasteiger charge is -2.11. The molecular formula is C20H22N2O5S. The van der Waals surface area contributed by atoms with E-state index in [0.29, 0.717) is 16.5 Å². The fraction of sp³-hybridized carbons (Fsp3) is 0.300. The predicted molar refractivity (Wildman–Crippen MR) is 109 cm³/mol. The lowest BCUT2D eigenvalue weighted by molar-refractivity contribution is -0.387. The molecule has 2 rings (SSSR count). The summed E-state index contributed by atoms with van der Waals surface area (Å²) in [6, 6.07) is 11.6. The lowest BCUT2D eigenvalue weighted by Crippen LogP contribution is -2.21.